The molecule has 0 saturated carbocycles. The number of anilines is 1. The summed E-state index contributed by atoms with van der Waals surface area (Å²) in [6, 6.07) is 5.95. The quantitative estimate of drug-likeness (QED) is 0.893. The van der Waals surface area contributed by atoms with Crippen molar-refractivity contribution < 1.29 is 18.3 Å². The summed E-state index contributed by atoms with van der Waals surface area (Å²) in [7, 11) is 0. The molecule has 0 aliphatic carbocycles. The number of carbonyl (C=O) groups is 1. The second kappa shape index (κ2) is 8.82. The molecule has 1 amide bonds. The van der Waals surface area contributed by atoms with Crippen LogP contribution in [0.15, 0.2) is 24.3 Å². The van der Waals surface area contributed by atoms with Gasteiger partial charge in [-0.2, -0.15) is 8.78 Å². The van der Waals surface area contributed by atoms with Crippen LogP contribution in [0.2, 0.25) is 0 Å². The Kier molecular flexibility index (Phi) is 6.77. The number of rotatable bonds is 5. The van der Waals surface area contributed by atoms with Gasteiger partial charge in [-0.05, 0) is 45.0 Å². The maximum absolute atomic E-state index is 12.5. The fourth-order valence-electron chi connectivity index (χ4n) is 2.83. The summed E-state index contributed by atoms with van der Waals surface area (Å²) in [5.41, 5.74) is 0.275. The summed E-state index contributed by atoms with van der Waals surface area (Å²) in [4.78, 5) is 14.6. The van der Waals surface area contributed by atoms with E-state index < -0.39 is 6.61 Å². The van der Waals surface area contributed by atoms with E-state index in [-0.39, 0.29) is 23.4 Å². The minimum absolute atomic E-state index is 0.0179. The van der Waals surface area contributed by atoms with Crippen molar-refractivity contribution in [2.45, 2.75) is 51.7 Å². The van der Waals surface area contributed by atoms with Crippen LogP contribution in [0.4, 0.5) is 14.5 Å². The molecule has 23 heavy (non-hydrogen) atoms. The van der Waals surface area contributed by atoms with Crippen molar-refractivity contribution in [2.24, 2.45) is 0 Å². The molecular formula is C17H24F2N2O2. The summed E-state index contributed by atoms with van der Waals surface area (Å²) in [5.74, 6) is -0.216. The summed E-state index contributed by atoms with van der Waals surface area (Å²) < 4.78 is 29.3. The average Bonchev–Trinajstić information content (AvgIpc) is 2.48. The van der Waals surface area contributed by atoms with E-state index >= 15 is 0 Å². The first kappa shape index (κ1) is 17.7. The summed E-state index contributed by atoms with van der Waals surface area (Å²) in [5, 5.41) is 2.71. The minimum Gasteiger partial charge on any atom is -0.433 e. The molecule has 4 nitrogen and oxygen atoms in total. The Labute approximate surface area is 135 Å². The van der Waals surface area contributed by atoms with Crippen molar-refractivity contribution in [1.82, 2.24) is 4.90 Å². The number of hydrogen-bond donors (Lipinski definition) is 1. The molecule has 1 N–H and O–H groups in total. The lowest BCUT2D eigenvalue weighted by atomic mass is 10.1. The van der Waals surface area contributed by atoms with E-state index in [4.69, 9.17) is 0 Å². The van der Waals surface area contributed by atoms with Gasteiger partial charge in [0.25, 0.3) is 0 Å². The summed E-state index contributed by atoms with van der Waals surface area (Å²) in [6.07, 6.45) is 5.81. The van der Waals surface area contributed by atoms with E-state index in [9.17, 15) is 13.6 Å². The molecule has 0 unspecified atom stereocenters. The van der Waals surface area contributed by atoms with Crippen molar-refractivity contribution in [1.29, 1.82) is 0 Å². The van der Waals surface area contributed by atoms with Crippen LogP contribution in [0.25, 0.3) is 0 Å². The zero-order chi connectivity index (χ0) is 16.7. The van der Waals surface area contributed by atoms with Gasteiger partial charge in [-0.1, -0.05) is 31.4 Å². The molecule has 1 heterocycles. The third-order valence-electron chi connectivity index (χ3n) is 4.18. The zero-order valence-corrected chi connectivity index (χ0v) is 13.4. The summed E-state index contributed by atoms with van der Waals surface area (Å²) >= 11 is 0. The van der Waals surface area contributed by atoms with Crippen molar-refractivity contribution in [3.05, 3.63) is 24.3 Å². The molecule has 1 saturated heterocycles. The van der Waals surface area contributed by atoms with Crippen LogP contribution in [0.3, 0.4) is 0 Å². The number of alkyl halides is 2. The SMILES string of the molecule is C[C@H](C(=O)Nc1ccccc1OC(F)F)N1CCCCCCC1. The molecule has 1 fully saturated rings. The third-order valence-corrected chi connectivity index (χ3v) is 4.18. The van der Waals surface area contributed by atoms with Crippen molar-refractivity contribution in [2.75, 3.05) is 18.4 Å². The van der Waals surface area contributed by atoms with Gasteiger partial charge in [0.1, 0.15) is 5.75 Å². The molecule has 0 spiro atoms. The van der Waals surface area contributed by atoms with Gasteiger partial charge in [-0.3, -0.25) is 9.69 Å². The van der Waals surface area contributed by atoms with Crippen molar-refractivity contribution >= 4 is 11.6 Å². The number of likely N-dealkylation sites (tertiary alicyclic amines) is 1. The molecule has 128 valence electrons. The van der Waals surface area contributed by atoms with Crippen LogP contribution in [0.5, 0.6) is 5.75 Å². The predicted molar refractivity (Wildman–Crippen MR) is 85.8 cm³/mol. The van der Waals surface area contributed by atoms with Gasteiger partial charge >= 0.3 is 6.61 Å². The highest BCUT2D eigenvalue weighted by atomic mass is 19.3. The largest absolute Gasteiger partial charge is 0.433 e. The molecule has 0 bridgehead atoms. The first-order valence-electron chi connectivity index (χ1n) is 8.16. The van der Waals surface area contributed by atoms with Crippen LogP contribution < -0.4 is 10.1 Å². The van der Waals surface area contributed by atoms with Crippen LogP contribution in [0, 0.1) is 0 Å². The van der Waals surface area contributed by atoms with E-state index in [2.05, 4.69) is 15.0 Å². The van der Waals surface area contributed by atoms with E-state index in [0.717, 1.165) is 25.9 Å². The Hall–Kier alpha value is -1.69. The zero-order valence-electron chi connectivity index (χ0n) is 13.4. The highest BCUT2D eigenvalue weighted by Crippen LogP contribution is 2.26. The van der Waals surface area contributed by atoms with E-state index in [0.29, 0.717) is 0 Å². The van der Waals surface area contributed by atoms with Crippen LogP contribution in [0.1, 0.15) is 39.0 Å². The number of halogens is 2. The standard InChI is InChI=1S/C17H24F2N2O2/c1-13(21-11-7-3-2-4-8-12-21)16(22)20-14-9-5-6-10-15(14)23-17(18)19/h5-6,9-10,13,17H,2-4,7-8,11-12H2,1H3,(H,20,22)/t13-/m1/s1. The molecule has 1 aliphatic heterocycles. The number of nitrogens with zero attached hydrogens (tertiary/aromatic N) is 1. The molecule has 0 radical (unpaired) electrons. The number of hydrogen-bond acceptors (Lipinski definition) is 3. The van der Waals surface area contributed by atoms with Gasteiger partial charge in [-0.15, -0.1) is 0 Å². The second-order valence-corrected chi connectivity index (χ2v) is 5.84. The fraction of sp³-hybridized carbons (Fsp3) is 0.588. The van der Waals surface area contributed by atoms with Gasteiger partial charge < -0.3 is 10.1 Å². The lowest BCUT2D eigenvalue weighted by molar-refractivity contribution is -0.121. The second-order valence-electron chi connectivity index (χ2n) is 5.84. The number of ether oxygens (including phenoxy) is 1. The number of benzene rings is 1. The molecule has 1 atom stereocenters. The first-order chi connectivity index (χ1) is 11.1. The lowest BCUT2D eigenvalue weighted by Gasteiger charge is -2.29. The monoisotopic (exact) mass is 326 g/mol. The van der Waals surface area contributed by atoms with Crippen LogP contribution >= 0.6 is 0 Å². The predicted octanol–water partition coefficient (Wildman–Crippen LogP) is 3.88. The maximum Gasteiger partial charge on any atom is 0.387 e. The Morgan fingerprint density at radius 2 is 1.74 bits per heavy atom. The highest BCUT2D eigenvalue weighted by molar-refractivity contribution is 5.95. The molecule has 0 aromatic heterocycles. The molecule has 2 rings (SSSR count). The number of para-hydroxylation sites is 2. The number of nitrogens with one attached hydrogen (secondary N) is 1. The van der Waals surface area contributed by atoms with Crippen molar-refractivity contribution in [3.63, 3.8) is 0 Å². The third kappa shape index (κ3) is 5.46. The maximum atomic E-state index is 12.5. The van der Waals surface area contributed by atoms with E-state index in [1.807, 2.05) is 6.92 Å². The lowest BCUT2D eigenvalue weighted by Crippen LogP contribution is -2.43. The molecular weight excluding hydrogens is 302 g/mol. The Morgan fingerprint density at radius 3 is 2.39 bits per heavy atom. The highest BCUT2D eigenvalue weighted by Gasteiger charge is 2.22. The van der Waals surface area contributed by atoms with Crippen molar-refractivity contribution in [3.8, 4) is 5.75 Å². The normalized spacial score (nSPS) is 18.1. The number of carbonyl (C=O) groups excluding carboxylic acids is 1. The van der Waals surface area contributed by atoms with Gasteiger partial charge in [0, 0.05) is 0 Å². The Balaban J connectivity index is 2.00. The number of amides is 1. The Morgan fingerprint density at radius 1 is 1.13 bits per heavy atom. The smallest absolute Gasteiger partial charge is 0.387 e. The summed E-state index contributed by atoms with van der Waals surface area (Å²) in [6.45, 7) is 0.723. The fourth-order valence-corrected chi connectivity index (χ4v) is 2.83. The van der Waals surface area contributed by atoms with E-state index in [1.54, 1.807) is 18.2 Å². The van der Waals surface area contributed by atoms with Crippen LogP contribution in [-0.2, 0) is 4.79 Å². The average molecular weight is 326 g/mol. The van der Waals surface area contributed by atoms with Gasteiger partial charge in [0.15, 0.2) is 0 Å². The van der Waals surface area contributed by atoms with Gasteiger partial charge in [0.05, 0.1) is 11.7 Å². The molecule has 1 aliphatic rings. The van der Waals surface area contributed by atoms with Gasteiger partial charge in [-0.25, -0.2) is 0 Å². The topological polar surface area (TPSA) is 41.6 Å². The Bertz CT molecular complexity index is 503. The molecule has 6 heteroatoms. The molecule has 1 aromatic carbocycles. The van der Waals surface area contributed by atoms with E-state index in [1.165, 1.54) is 25.3 Å². The van der Waals surface area contributed by atoms with Gasteiger partial charge in [0.2, 0.25) is 5.91 Å². The first-order valence-corrected chi connectivity index (χ1v) is 8.16. The van der Waals surface area contributed by atoms with Crippen LogP contribution in [-0.4, -0.2) is 36.5 Å². The molecule has 1 aromatic rings. The minimum atomic E-state index is -2.92.